The maximum absolute atomic E-state index is 6.35. The standard InChI is InChI=1S/C29H16N5O.Ir/c1-3-11-22-20(9-1)21-10-2-4-12-23(21)33(22)19-8-5-7-18(17-19)29-32-27-26-24(13-6-15-30-26)34-25(14-16-31-34)28(27)35-29;/h1-12,14-17H;/q-1;. The molecule has 5 heterocycles. The molecule has 0 unspecified atom stereocenters. The second-order valence-corrected chi connectivity index (χ2v) is 8.53. The molecule has 0 fully saturated rings. The van der Waals surface area contributed by atoms with E-state index in [0.29, 0.717) is 22.5 Å². The second-order valence-electron chi connectivity index (χ2n) is 8.53. The number of hydrogen-bond acceptors (Lipinski definition) is 4. The topological polar surface area (TPSA) is 61.2 Å². The van der Waals surface area contributed by atoms with Gasteiger partial charge in [-0.25, -0.2) is 4.98 Å². The second kappa shape index (κ2) is 7.85. The van der Waals surface area contributed by atoms with Crippen LogP contribution in [0.5, 0.6) is 0 Å². The van der Waals surface area contributed by atoms with Crippen molar-refractivity contribution in [3.05, 3.63) is 103 Å². The van der Waals surface area contributed by atoms with E-state index in [1.807, 2.05) is 18.2 Å². The van der Waals surface area contributed by atoms with Gasteiger partial charge in [-0.05, 0) is 41.9 Å². The van der Waals surface area contributed by atoms with Crippen LogP contribution in [0.4, 0.5) is 0 Å². The number of pyridine rings is 2. The molecule has 6 nitrogen and oxygen atoms in total. The summed E-state index contributed by atoms with van der Waals surface area (Å²) in [7, 11) is 0. The number of para-hydroxylation sites is 2. The van der Waals surface area contributed by atoms with Crippen molar-refractivity contribution in [3.63, 3.8) is 0 Å². The molecule has 8 aromatic rings. The Labute approximate surface area is 218 Å². The Kier molecular flexibility index (Phi) is 4.58. The third kappa shape index (κ3) is 2.84. The molecule has 0 atom stereocenters. The zero-order chi connectivity index (χ0) is 22.9. The monoisotopic (exact) mass is 643 g/mol. The smallest absolute Gasteiger partial charge is 0.226 e. The predicted molar refractivity (Wildman–Crippen MR) is 137 cm³/mol. The van der Waals surface area contributed by atoms with E-state index in [0.717, 1.165) is 33.3 Å². The molecule has 5 aromatic heterocycles. The van der Waals surface area contributed by atoms with Gasteiger partial charge in [-0.1, -0.05) is 48.7 Å². The number of fused-ring (bicyclic) bond motifs is 9. The Bertz CT molecular complexity index is 2030. The largest absolute Gasteiger partial charge is 0.435 e. The maximum Gasteiger partial charge on any atom is 0.226 e. The van der Waals surface area contributed by atoms with Crippen molar-refractivity contribution < 1.29 is 24.5 Å². The van der Waals surface area contributed by atoms with E-state index in [1.54, 1.807) is 23.0 Å². The van der Waals surface area contributed by atoms with E-state index in [9.17, 15) is 0 Å². The van der Waals surface area contributed by atoms with Gasteiger partial charge >= 0.3 is 0 Å². The van der Waals surface area contributed by atoms with Gasteiger partial charge in [-0.3, -0.25) is 4.52 Å². The Balaban J connectivity index is 0.00000220. The molecule has 0 spiro atoms. The Morgan fingerprint density at radius 1 is 0.750 bits per heavy atom. The van der Waals surface area contributed by atoms with Crippen molar-refractivity contribution >= 4 is 49.5 Å². The number of hydrogen-bond donors (Lipinski definition) is 0. The summed E-state index contributed by atoms with van der Waals surface area (Å²) < 4.78 is 10.4. The van der Waals surface area contributed by atoms with Crippen LogP contribution in [0.25, 0.3) is 66.6 Å². The Hall–Kier alpha value is -4.32. The predicted octanol–water partition coefficient (Wildman–Crippen LogP) is 6.59. The summed E-state index contributed by atoms with van der Waals surface area (Å²) in [5.74, 6) is 0.545. The van der Waals surface area contributed by atoms with Crippen LogP contribution in [0.3, 0.4) is 0 Å². The van der Waals surface area contributed by atoms with Gasteiger partial charge in [0.25, 0.3) is 0 Å². The minimum absolute atomic E-state index is 0. The van der Waals surface area contributed by atoms with Gasteiger partial charge in [0.2, 0.25) is 5.89 Å². The van der Waals surface area contributed by atoms with Gasteiger partial charge in [-0.2, -0.15) is 17.2 Å². The quantitative estimate of drug-likeness (QED) is 0.200. The molecule has 0 amide bonds. The molecule has 173 valence electrons. The summed E-state index contributed by atoms with van der Waals surface area (Å²) in [6, 6.07) is 32.2. The van der Waals surface area contributed by atoms with Crippen molar-refractivity contribution in [1.82, 2.24) is 24.1 Å². The van der Waals surface area contributed by atoms with Crippen LogP contribution in [0.15, 0.2) is 102 Å². The molecule has 0 aliphatic rings. The average Bonchev–Trinajstić information content (AvgIpc) is 3.65. The van der Waals surface area contributed by atoms with Crippen LogP contribution in [-0.4, -0.2) is 24.1 Å². The van der Waals surface area contributed by atoms with E-state index >= 15 is 0 Å². The number of oxazole rings is 1. The summed E-state index contributed by atoms with van der Waals surface area (Å²) >= 11 is 0. The number of benzene rings is 3. The van der Waals surface area contributed by atoms with Gasteiger partial charge in [0.05, 0.1) is 22.7 Å². The molecule has 0 aliphatic carbocycles. The zero-order valence-corrected chi connectivity index (χ0v) is 21.1. The van der Waals surface area contributed by atoms with Crippen molar-refractivity contribution in [2.24, 2.45) is 0 Å². The molecule has 8 rings (SSSR count). The first-order chi connectivity index (χ1) is 17.4. The first kappa shape index (κ1) is 21.0. The molecule has 7 heteroatoms. The summed E-state index contributed by atoms with van der Waals surface area (Å²) in [5.41, 5.74) is 7.98. The fourth-order valence-corrected chi connectivity index (χ4v) is 5.10. The van der Waals surface area contributed by atoms with Gasteiger partial charge < -0.3 is 14.0 Å². The van der Waals surface area contributed by atoms with Crippen molar-refractivity contribution in [1.29, 1.82) is 0 Å². The molecule has 1 radical (unpaired) electrons. The maximum atomic E-state index is 6.35. The molecular weight excluding hydrogens is 627 g/mol. The fourth-order valence-electron chi connectivity index (χ4n) is 5.10. The van der Waals surface area contributed by atoms with Crippen LogP contribution < -0.4 is 0 Å². The summed E-state index contributed by atoms with van der Waals surface area (Å²) in [5, 5.41) is 6.90. The molecular formula is C29H16IrN5O-. The van der Waals surface area contributed by atoms with Crippen LogP contribution in [-0.2, 0) is 20.1 Å². The molecule has 0 N–H and O–H groups in total. The summed E-state index contributed by atoms with van der Waals surface area (Å²) in [4.78, 5) is 9.44. The van der Waals surface area contributed by atoms with Crippen molar-refractivity contribution in [2.75, 3.05) is 0 Å². The van der Waals surface area contributed by atoms with E-state index in [1.165, 1.54) is 10.8 Å². The SMILES string of the molecule is [Ir].[c-]1ccnc2c3nc(-c4cccc(-n5c6ccccc6c6ccccc65)c4)oc3c3ccnn3c12. The minimum Gasteiger partial charge on any atom is -0.435 e. The molecule has 36 heavy (non-hydrogen) atoms. The third-order valence-corrected chi connectivity index (χ3v) is 6.59. The summed E-state index contributed by atoms with van der Waals surface area (Å²) in [6.45, 7) is 0. The normalized spacial score (nSPS) is 11.7. The number of nitrogens with zero attached hydrogens (tertiary/aromatic N) is 5. The van der Waals surface area contributed by atoms with Crippen molar-refractivity contribution in [2.45, 2.75) is 0 Å². The fraction of sp³-hybridized carbons (Fsp3) is 0. The molecule has 0 bridgehead atoms. The van der Waals surface area contributed by atoms with Gasteiger partial charge in [0, 0.05) is 47.6 Å². The van der Waals surface area contributed by atoms with E-state index in [4.69, 9.17) is 9.40 Å². The molecule has 3 aromatic carbocycles. The van der Waals surface area contributed by atoms with Crippen LogP contribution in [0.2, 0.25) is 0 Å². The first-order valence-corrected chi connectivity index (χ1v) is 11.4. The number of rotatable bonds is 2. The molecule has 0 saturated carbocycles. The van der Waals surface area contributed by atoms with Gasteiger partial charge in [0.15, 0.2) is 5.58 Å². The molecule has 0 saturated heterocycles. The van der Waals surface area contributed by atoms with Crippen LogP contribution in [0, 0.1) is 6.07 Å². The van der Waals surface area contributed by atoms with Gasteiger partial charge in [0.1, 0.15) is 5.52 Å². The van der Waals surface area contributed by atoms with Gasteiger partial charge in [-0.15, -0.1) is 0 Å². The van der Waals surface area contributed by atoms with Crippen LogP contribution in [0.1, 0.15) is 0 Å². The Morgan fingerprint density at radius 2 is 1.53 bits per heavy atom. The zero-order valence-electron chi connectivity index (χ0n) is 18.7. The van der Waals surface area contributed by atoms with E-state index < -0.39 is 0 Å². The number of aromatic nitrogens is 5. The van der Waals surface area contributed by atoms with E-state index in [2.05, 4.69) is 81.4 Å². The van der Waals surface area contributed by atoms with E-state index in [-0.39, 0.29) is 20.1 Å². The third-order valence-electron chi connectivity index (χ3n) is 6.59. The summed E-state index contributed by atoms with van der Waals surface area (Å²) in [6.07, 6.45) is 3.47. The minimum atomic E-state index is 0. The molecule has 0 aliphatic heterocycles. The van der Waals surface area contributed by atoms with Crippen LogP contribution >= 0.6 is 0 Å². The van der Waals surface area contributed by atoms with Crippen molar-refractivity contribution in [3.8, 4) is 17.1 Å². The first-order valence-electron chi connectivity index (χ1n) is 11.4. The Morgan fingerprint density at radius 3 is 2.33 bits per heavy atom. The average molecular weight is 643 g/mol.